The molecule has 0 rings (SSSR count). The molecule has 38 valence electrons. The molecule has 0 bridgehead atoms. The van der Waals surface area contributed by atoms with Crippen LogP contribution < -0.4 is 11.5 Å². The number of nitrogens with two attached hydrogens (primary N) is 2. The van der Waals surface area contributed by atoms with Gasteiger partial charge in [-0.2, -0.15) is 0 Å². The molecule has 0 aromatic heterocycles. The van der Waals surface area contributed by atoms with Crippen LogP contribution in [0.1, 0.15) is 18.2 Å². The molecule has 0 aliphatic rings. The Labute approximate surface area is 44.1 Å². The molecule has 0 saturated carbocycles. The quantitative estimate of drug-likeness (QED) is 0.501. The van der Waals surface area contributed by atoms with Gasteiger partial charge in [-0.25, -0.2) is 0 Å². The summed E-state index contributed by atoms with van der Waals surface area (Å²) < 4.78 is 28.3. The monoisotopic (exact) mass is 92.1 g/mol. The molecule has 0 atom stereocenters. The lowest BCUT2D eigenvalue weighted by Gasteiger charge is -1.87. The van der Waals surface area contributed by atoms with E-state index in [1.807, 2.05) is 0 Å². The van der Waals surface area contributed by atoms with E-state index in [1.165, 1.54) is 0 Å². The smallest absolute Gasteiger partial charge is 0.0280 e. The highest BCUT2D eigenvalue weighted by Crippen LogP contribution is 1.77. The first-order valence-electron chi connectivity index (χ1n) is 3.77. The zero-order valence-corrected chi connectivity index (χ0v) is 3.57. The molecule has 0 unspecified atom stereocenters. The molecule has 0 aromatic carbocycles. The lowest BCUT2D eigenvalue weighted by molar-refractivity contribution is 0.755. The van der Waals surface area contributed by atoms with Crippen LogP contribution in [0.15, 0.2) is 0 Å². The molecule has 6 heavy (non-hydrogen) atoms. The molecule has 2 nitrogen and oxygen atoms in total. The third-order valence-corrected chi connectivity index (χ3v) is 0.329. The van der Waals surface area contributed by atoms with Crippen molar-refractivity contribution in [2.24, 2.45) is 11.5 Å². The molecular weight excluding hydrogens is 76.1 g/mol. The van der Waals surface area contributed by atoms with Crippen LogP contribution in [0.3, 0.4) is 0 Å². The van der Waals surface area contributed by atoms with Gasteiger partial charge in [0.25, 0.3) is 0 Å². The van der Waals surface area contributed by atoms with Gasteiger partial charge in [0.05, 0.1) is 0 Å². The summed E-state index contributed by atoms with van der Waals surface area (Å²) in [5.74, 6) is 0. The minimum absolute atomic E-state index is 0.350. The summed E-state index contributed by atoms with van der Waals surface area (Å²) >= 11 is 0. The summed E-state index contributed by atoms with van der Waals surface area (Å²) in [7, 11) is 0. The van der Waals surface area contributed by atoms with Gasteiger partial charge in [0.1, 0.15) is 0 Å². The third-order valence-electron chi connectivity index (χ3n) is 0.329. The van der Waals surface area contributed by atoms with Gasteiger partial charge in [-0.05, 0) is 25.8 Å². The molecule has 0 radical (unpaired) electrons. The average Bonchev–Trinajstić information content (AvgIpc) is 1.88. The van der Waals surface area contributed by atoms with E-state index in [9.17, 15) is 0 Å². The Balaban J connectivity index is 4.28. The maximum atomic E-state index is 7.06. The van der Waals surface area contributed by atoms with Crippen LogP contribution in [0, 0.1) is 0 Å². The predicted molar refractivity (Wildman–Crippen MR) is 27.3 cm³/mol. The van der Waals surface area contributed by atoms with Gasteiger partial charge in [-0.15, -0.1) is 0 Å². The Morgan fingerprint density at radius 2 is 1.50 bits per heavy atom. The van der Waals surface area contributed by atoms with Gasteiger partial charge in [-0.1, -0.05) is 0 Å². The summed E-state index contributed by atoms with van der Waals surface area (Å²) in [6.07, 6.45) is -4.05. The van der Waals surface area contributed by atoms with Crippen LogP contribution >= 0.6 is 0 Å². The number of hydrogen-bond acceptors (Lipinski definition) is 2. The lowest BCUT2D eigenvalue weighted by Crippen LogP contribution is -2.03. The average molecular weight is 92.2 g/mol. The van der Waals surface area contributed by atoms with Gasteiger partial charge < -0.3 is 11.5 Å². The molecule has 2 heteroatoms. The van der Waals surface area contributed by atoms with Crippen LogP contribution in [0.5, 0.6) is 0 Å². The van der Waals surface area contributed by atoms with Gasteiger partial charge >= 0.3 is 0 Å². The highest BCUT2D eigenvalue weighted by molar-refractivity contribution is 4.38. The predicted octanol–water partition coefficient (Wildman–Crippen LogP) is -0.316. The van der Waals surface area contributed by atoms with E-state index >= 15 is 0 Å². The van der Waals surface area contributed by atoms with E-state index in [-0.39, 0.29) is 13.1 Å². The maximum absolute atomic E-state index is 7.06. The normalized spacial score (nSPS) is 23.7. The fourth-order valence-corrected chi connectivity index (χ4v) is 0.144. The van der Waals surface area contributed by atoms with Crippen molar-refractivity contribution in [1.29, 1.82) is 0 Å². The van der Waals surface area contributed by atoms with Crippen LogP contribution in [0.25, 0.3) is 0 Å². The molecule has 0 amide bonds. The van der Waals surface area contributed by atoms with E-state index in [1.54, 1.807) is 0 Å². The number of hydrogen-bond donors (Lipinski definition) is 2. The minimum Gasteiger partial charge on any atom is -0.330 e. The van der Waals surface area contributed by atoms with E-state index in [4.69, 9.17) is 17.0 Å². The van der Waals surface area contributed by atoms with Crippen molar-refractivity contribution in [1.82, 2.24) is 0 Å². The third kappa shape index (κ3) is 3.92. The standard InChI is InChI=1S/C4H12N2/c5-3-1-2-4-6/h1-6H2/i1D2,2D2. The fourth-order valence-electron chi connectivity index (χ4n) is 0.144. The largest absolute Gasteiger partial charge is 0.330 e. The summed E-state index contributed by atoms with van der Waals surface area (Å²) in [5.41, 5.74) is 9.99. The van der Waals surface area contributed by atoms with E-state index in [0.717, 1.165) is 0 Å². The number of rotatable bonds is 3. The van der Waals surface area contributed by atoms with E-state index in [2.05, 4.69) is 0 Å². The molecule has 0 fully saturated rings. The van der Waals surface area contributed by atoms with E-state index in [0.29, 0.717) is 0 Å². The fraction of sp³-hybridized carbons (Fsp3) is 1.00. The SMILES string of the molecule is [2H]C([2H])(CN)C([2H])([2H])CN. The molecule has 4 N–H and O–H groups in total. The Bertz CT molecular complexity index is 99.8. The Morgan fingerprint density at radius 1 is 1.17 bits per heavy atom. The Hall–Kier alpha value is -0.0800. The van der Waals surface area contributed by atoms with Crippen molar-refractivity contribution in [2.45, 2.75) is 12.7 Å². The first kappa shape index (κ1) is 1.80. The highest BCUT2D eigenvalue weighted by Gasteiger charge is 1.75. The summed E-state index contributed by atoms with van der Waals surface area (Å²) in [6.45, 7) is -0.700. The minimum atomic E-state index is -2.03. The topological polar surface area (TPSA) is 52.0 Å². The molecule has 0 aliphatic carbocycles. The van der Waals surface area contributed by atoms with Crippen molar-refractivity contribution in [3.05, 3.63) is 0 Å². The summed E-state index contributed by atoms with van der Waals surface area (Å²) in [6, 6.07) is 0. The zero-order chi connectivity index (χ0) is 8.41. The van der Waals surface area contributed by atoms with Gasteiger partial charge in [0, 0.05) is 5.48 Å². The molecule has 0 aromatic rings. The van der Waals surface area contributed by atoms with Gasteiger partial charge in [0.2, 0.25) is 0 Å². The first-order chi connectivity index (χ1) is 4.37. The van der Waals surface area contributed by atoms with Crippen LogP contribution in [-0.4, -0.2) is 13.1 Å². The second-order valence-corrected chi connectivity index (χ2v) is 0.762. The van der Waals surface area contributed by atoms with Crippen molar-refractivity contribution >= 4 is 0 Å². The second-order valence-electron chi connectivity index (χ2n) is 0.762. The molecule has 0 spiro atoms. The van der Waals surface area contributed by atoms with Crippen LogP contribution in [0.4, 0.5) is 0 Å². The van der Waals surface area contributed by atoms with Crippen molar-refractivity contribution < 1.29 is 5.48 Å². The van der Waals surface area contributed by atoms with Crippen LogP contribution in [-0.2, 0) is 0 Å². The van der Waals surface area contributed by atoms with Crippen molar-refractivity contribution in [2.75, 3.05) is 13.1 Å². The Kier molecular flexibility index (Phi) is 1.48. The molecule has 0 saturated heterocycles. The summed E-state index contributed by atoms with van der Waals surface area (Å²) in [4.78, 5) is 0. The van der Waals surface area contributed by atoms with Gasteiger partial charge in [0.15, 0.2) is 0 Å². The first-order valence-corrected chi connectivity index (χ1v) is 1.77. The highest BCUT2D eigenvalue weighted by atomic mass is 14.5. The maximum Gasteiger partial charge on any atom is 0.0280 e. The van der Waals surface area contributed by atoms with Crippen molar-refractivity contribution in [3.63, 3.8) is 0 Å². The molecule has 0 aliphatic heterocycles. The van der Waals surface area contributed by atoms with Gasteiger partial charge in [-0.3, -0.25) is 0 Å². The van der Waals surface area contributed by atoms with Crippen molar-refractivity contribution in [3.8, 4) is 0 Å². The Morgan fingerprint density at radius 3 is 1.67 bits per heavy atom. The summed E-state index contributed by atoms with van der Waals surface area (Å²) in [5, 5.41) is 0. The van der Waals surface area contributed by atoms with Crippen LogP contribution in [0.2, 0.25) is 0 Å². The molecular formula is C4H12N2. The zero-order valence-electron chi connectivity index (χ0n) is 7.57. The lowest BCUT2D eigenvalue weighted by atomic mass is 10.3. The molecule has 0 heterocycles. The second kappa shape index (κ2) is 4.92. The van der Waals surface area contributed by atoms with E-state index < -0.39 is 12.7 Å².